The number of hydrogen-bond acceptors (Lipinski definition) is 3. The Labute approximate surface area is 164 Å². The third-order valence-electron chi connectivity index (χ3n) is 4.65. The van der Waals surface area contributed by atoms with Crippen LogP contribution in [0.2, 0.25) is 0 Å². The van der Waals surface area contributed by atoms with Crippen molar-refractivity contribution in [3.05, 3.63) is 29.0 Å². The number of fused-ring (bicyclic) bond motifs is 1. The van der Waals surface area contributed by atoms with E-state index in [0.29, 0.717) is 17.5 Å². The van der Waals surface area contributed by atoms with E-state index < -0.39 is 27.5 Å². The highest BCUT2D eigenvalue weighted by molar-refractivity contribution is 7.85. The molecule has 9 heteroatoms. The van der Waals surface area contributed by atoms with Gasteiger partial charge < -0.3 is 4.74 Å². The fourth-order valence-electron chi connectivity index (χ4n) is 3.26. The zero-order valence-electron chi connectivity index (χ0n) is 16.3. The maximum atomic E-state index is 13.8. The van der Waals surface area contributed by atoms with Gasteiger partial charge in [0.25, 0.3) is 0 Å². The van der Waals surface area contributed by atoms with Crippen LogP contribution in [0, 0.1) is 6.92 Å². The highest BCUT2D eigenvalue weighted by atomic mass is 32.2. The molecule has 0 saturated carbocycles. The Morgan fingerprint density at radius 1 is 1.32 bits per heavy atom. The third kappa shape index (κ3) is 4.15. The molecule has 0 N–H and O–H groups in total. The maximum absolute atomic E-state index is 13.8. The van der Waals surface area contributed by atoms with Crippen LogP contribution in [0.15, 0.2) is 16.7 Å². The molecule has 28 heavy (non-hydrogen) atoms. The number of hydrogen-bond donors (Lipinski definition) is 0. The van der Waals surface area contributed by atoms with Crippen molar-refractivity contribution in [3.63, 3.8) is 0 Å². The number of nitrogens with zero attached hydrogens (tertiary/aromatic N) is 3. The number of benzene rings is 1. The third-order valence-corrected chi connectivity index (χ3v) is 6.00. The topological polar surface area (TPSA) is 56.5 Å². The maximum Gasteiger partial charge on any atom is 0.417 e. The zero-order valence-corrected chi connectivity index (χ0v) is 17.2. The van der Waals surface area contributed by atoms with E-state index in [1.807, 2.05) is 0 Å². The minimum absolute atomic E-state index is 0.0700. The monoisotopic (exact) mass is 415 g/mol. The summed E-state index contributed by atoms with van der Waals surface area (Å²) in [6, 6.07) is 1.49. The summed E-state index contributed by atoms with van der Waals surface area (Å²) < 4.78 is 64.2. The molecule has 3 rings (SSSR count). The van der Waals surface area contributed by atoms with Crippen LogP contribution >= 0.6 is 0 Å². The van der Waals surface area contributed by atoms with E-state index in [0.717, 1.165) is 25.5 Å². The van der Waals surface area contributed by atoms with Crippen LogP contribution in [0.4, 0.5) is 13.2 Å². The molecule has 154 valence electrons. The highest BCUT2D eigenvalue weighted by Gasteiger charge is 2.37. The number of aromatic nitrogens is 2. The molecule has 5 nitrogen and oxygen atoms in total. The Kier molecular flexibility index (Phi) is 5.69. The Balaban J connectivity index is 2.19. The predicted molar refractivity (Wildman–Crippen MR) is 104 cm³/mol. The predicted octanol–water partition coefficient (Wildman–Crippen LogP) is 4.94. The molecule has 0 bridgehead atoms. The van der Waals surface area contributed by atoms with E-state index in [1.165, 1.54) is 19.2 Å². The second-order valence-electron chi connectivity index (χ2n) is 7.92. The van der Waals surface area contributed by atoms with Crippen LogP contribution < -0.4 is 0 Å². The summed E-state index contributed by atoms with van der Waals surface area (Å²) in [4.78, 5) is 0. The van der Waals surface area contributed by atoms with Crippen molar-refractivity contribution in [1.29, 1.82) is 0 Å². The normalized spacial score (nSPS) is 20.2. The fraction of sp³-hybridized carbons (Fsp3) is 0.579. The molecule has 1 aromatic carbocycles. The first-order valence-corrected chi connectivity index (χ1v) is 10.3. The van der Waals surface area contributed by atoms with Crippen LogP contribution in [0.3, 0.4) is 0 Å². The van der Waals surface area contributed by atoms with Crippen LogP contribution in [0.5, 0.6) is 0 Å². The summed E-state index contributed by atoms with van der Waals surface area (Å²) in [5.74, 6) is 0. The second-order valence-corrected chi connectivity index (χ2v) is 9.85. The summed E-state index contributed by atoms with van der Waals surface area (Å²) in [7, 11) is -1.67. The number of rotatable bonds is 3. The Bertz CT molecular complexity index is 923. The lowest BCUT2D eigenvalue weighted by atomic mass is 9.98. The van der Waals surface area contributed by atoms with Gasteiger partial charge in [-0.15, -0.1) is 0 Å². The van der Waals surface area contributed by atoms with Gasteiger partial charge in [0.05, 0.1) is 22.0 Å². The summed E-state index contributed by atoms with van der Waals surface area (Å²) >= 11 is 0. The van der Waals surface area contributed by atoms with Gasteiger partial charge in [-0.2, -0.15) is 22.7 Å². The first-order chi connectivity index (χ1) is 13.0. The van der Waals surface area contributed by atoms with Crippen LogP contribution in [-0.2, 0) is 21.9 Å². The van der Waals surface area contributed by atoms with Gasteiger partial charge in [0.2, 0.25) is 0 Å². The number of aryl methyl sites for hydroxylation is 1. The second kappa shape index (κ2) is 7.59. The van der Waals surface area contributed by atoms with E-state index in [2.05, 4.69) is 9.50 Å². The molecule has 0 aliphatic carbocycles. The Morgan fingerprint density at radius 2 is 2.04 bits per heavy atom. The molecule has 0 amide bonds. The van der Waals surface area contributed by atoms with E-state index in [-0.39, 0.29) is 17.4 Å². The number of ether oxygens (including phenoxy) is 1. The van der Waals surface area contributed by atoms with Crippen molar-refractivity contribution in [1.82, 2.24) is 9.78 Å². The molecular formula is C19H24F3N3O2S. The Morgan fingerprint density at radius 3 is 2.61 bits per heavy atom. The average Bonchev–Trinajstić information content (AvgIpc) is 3.01. The lowest BCUT2D eigenvalue weighted by molar-refractivity contribution is -0.138. The lowest BCUT2D eigenvalue weighted by Gasteiger charge is -2.24. The first-order valence-electron chi connectivity index (χ1n) is 9.16. The van der Waals surface area contributed by atoms with E-state index >= 15 is 0 Å². The van der Waals surface area contributed by atoms with Gasteiger partial charge in [-0.05, 0) is 58.6 Å². The van der Waals surface area contributed by atoms with Gasteiger partial charge in [-0.1, -0.05) is 0 Å². The first kappa shape index (κ1) is 21.0. The van der Waals surface area contributed by atoms with Gasteiger partial charge in [0.1, 0.15) is 11.0 Å². The van der Waals surface area contributed by atoms with Crippen molar-refractivity contribution in [3.8, 4) is 0 Å². The molecule has 2 heterocycles. The summed E-state index contributed by atoms with van der Waals surface area (Å²) in [6.07, 6.45) is 0.321. The standard InChI is InChI=1S/C19H24F3N3O2S/c1-12-9-15-13(10-23-25(15)16-7-5-6-8-27-16)14(17(12)19(20,21)22)11-24-28(26)18(2,3)4/h9-11,16H,5-8H2,1-4H3/b24-11+. The minimum Gasteiger partial charge on any atom is -0.356 e. The summed E-state index contributed by atoms with van der Waals surface area (Å²) in [5.41, 5.74) is -0.262. The molecule has 1 saturated heterocycles. The van der Waals surface area contributed by atoms with Crippen LogP contribution in [0.25, 0.3) is 10.9 Å². The van der Waals surface area contributed by atoms with Crippen LogP contribution in [0.1, 0.15) is 63.0 Å². The van der Waals surface area contributed by atoms with Gasteiger partial charge >= 0.3 is 6.18 Å². The van der Waals surface area contributed by atoms with Crippen molar-refractivity contribution >= 4 is 28.1 Å². The quantitative estimate of drug-likeness (QED) is 0.667. The smallest absolute Gasteiger partial charge is 0.356 e. The van der Waals surface area contributed by atoms with E-state index in [4.69, 9.17) is 4.74 Å². The number of halogens is 3. The van der Waals surface area contributed by atoms with Crippen molar-refractivity contribution in [2.75, 3.05) is 6.61 Å². The highest BCUT2D eigenvalue weighted by Crippen LogP contribution is 2.38. The zero-order chi connectivity index (χ0) is 20.7. The average molecular weight is 415 g/mol. The summed E-state index contributed by atoms with van der Waals surface area (Å²) in [5, 5.41) is 4.63. The van der Waals surface area contributed by atoms with Crippen LogP contribution in [-0.4, -0.2) is 31.6 Å². The molecule has 2 aromatic rings. The molecule has 0 radical (unpaired) electrons. The van der Waals surface area contributed by atoms with Gasteiger partial charge in [-0.25, -0.2) is 8.89 Å². The molecule has 0 spiro atoms. The molecule has 1 aromatic heterocycles. The molecule has 2 atom stereocenters. The molecule has 1 fully saturated rings. The van der Waals surface area contributed by atoms with Gasteiger partial charge in [0, 0.05) is 23.8 Å². The van der Waals surface area contributed by atoms with Gasteiger partial charge in [-0.3, -0.25) is 0 Å². The lowest BCUT2D eigenvalue weighted by Crippen LogP contribution is -2.20. The Hall–Kier alpha value is -1.74. The van der Waals surface area contributed by atoms with E-state index in [1.54, 1.807) is 25.5 Å². The minimum atomic E-state index is -4.56. The molecule has 2 unspecified atom stereocenters. The van der Waals surface area contributed by atoms with Crippen molar-refractivity contribution < 1.29 is 22.1 Å². The number of alkyl halides is 3. The molecule has 1 aliphatic heterocycles. The molecule has 1 aliphatic rings. The molecular weight excluding hydrogens is 391 g/mol. The fourth-order valence-corrected chi connectivity index (χ4v) is 3.78. The van der Waals surface area contributed by atoms with E-state index in [9.17, 15) is 17.4 Å². The van der Waals surface area contributed by atoms with Crippen molar-refractivity contribution in [2.45, 2.75) is 64.1 Å². The SMILES string of the molecule is Cc1cc2c(cnn2C2CCCCO2)c(/C=N/S(=O)C(C)(C)C)c1C(F)(F)F. The summed E-state index contributed by atoms with van der Waals surface area (Å²) in [6.45, 7) is 7.17. The largest absolute Gasteiger partial charge is 0.417 e. The van der Waals surface area contributed by atoms with Gasteiger partial charge in [0.15, 0.2) is 6.23 Å². The van der Waals surface area contributed by atoms with Crippen molar-refractivity contribution in [2.24, 2.45) is 4.40 Å².